The number of aromatic nitrogens is 2. The number of nitrogens with zero attached hydrogens (tertiary/aromatic N) is 6. The highest BCUT2D eigenvalue weighted by Crippen LogP contribution is 2.25. The molecule has 9 nitrogen and oxygen atoms in total. The second-order valence-electron chi connectivity index (χ2n) is 9.75. The molecule has 0 radical (unpaired) electrons. The minimum atomic E-state index is -0.134. The van der Waals surface area contributed by atoms with Crippen LogP contribution in [0.4, 0.5) is 5.82 Å². The van der Waals surface area contributed by atoms with Crippen molar-refractivity contribution in [1.82, 2.24) is 24.7 Å². The van der Waals surface area contributed by atoms with E-state index >= 15 is 0 Å². The Kier molecular flexibility index (Phi) is 8.29. The van der Waals surface area contributed by atoms with Gasteiger partial charge in [-0.1, -0.05) is 42.1 Å². The van der Waals surface area contributed by atoms with Gasteiger partial charge in [-0.25, -0.2) is 9.97 Å². The maximum absolute atomic E-state index is 12.8. The first-order chi connectivity index (χ1) is 18.4. The summed E-state index contributed by atoms with van der Waals surface area (Å²) in [6.45, 7) is 10.5. The van der Waals surface area contributed by atoms with Crippen LogP contribution in [0, 0.1) is 6.92 Å². The highest BCUT2D eigenvalue weighted by molar-refractivity contribution is 7.98. The molecule has 0 unspecified atom stereocenters. The molecule has 2 aliphatic heterocycles. The van der Waals surface area contributed by atoms with Crippen molar-refractivity contribution in [3.8, 4) is 0 Å². The number of aryl methyl sites for hydroxylation is 1. The highest BCUT2D eigenvalue weighted by atomic mass is 32.2. The van der Waals surface area contributed by atoms with Gasteiger partial charge in [-0.05, 0) is 24.6 Å². The van der Waals surface area contributed by atoms with Crippen LogP contribution in [0.15, 0.2) is 58.1 Å². The lowest BCUT2D eigenvalue weighted by Crippen LogP contribution is -2.50. The lowest BCUT2D eigenvalue weighted by atomic mass is 10.2. The van der Waals surface area contributed by atoms with E-state index in [0.29, 0.717) is 48.6 Å². The zero-order valence-electron chi connectivity index (χ0n) is 22.0. The van der Waals surface area contributed by atoms with Crippen molar-refractivity contribution in [2.45, 2.75) is 31.3 Å². The summed E-state index contributed by atoms with van der Waals surface area (Å²) in [5, 5.41) is 0.705. The van der Waals surface area contributed by atoms with Crippen LogP contribution in [0.3, 0.4) is 0 Å². The molecule has 2 amide bonds. The summed E-state index contributed by atoms with van der Waals surface area (Å²) >= 11 is 1.51. The Bertz CT molecular complexity index is 1250. The summed E-state index contributed by atoms with van der Waals surface area (Å²) in [6.07, 6.45) is 0. The predicted octanol–water partition coefficient (Wildman–Crippen LogP) is 3.30. The van der Waals surface area contributed by atoms with E-state index in [0.717, 1.165) is 44.2 Å². The van der Waals surface area contributed by atoms with Gasteiger partial charge in [0.05, 0.1) is 5.75 Å². The Balaban J connectivity index is 1.14. The molecule has 0 atom stereocenters. The monoisotopic (exact) mass is 534 g/mol. The van der Waals surface area contributed by atoms with E-state index in [-0.39, 0.29) is 11.8 Å². The quantitative estimate of drug-likeness (QED) is 0.337. The van der Waals surface area contributed by atoms with Gasteiger partial charge < -0.3 is 19.1 Å². The van der Waals surface area contributed by atoms with Crippen molar-refractivity contribution >= 4 is 29.4 Å². The van der Waals surface area contributed by atoms with E-state index in [4.69, 9.17) is 9.40 Å². The number of carbonyl (C=O) groups is 2. The van der Waals surface area contributed by atoms with Crippen LogP contribution in [0.2, 0.25) is 0 Å². The van der Waals surface area contributed by atoms with E-state index in [1.807, 2.05) is 19.1 Å². The van der Waals surface area contributed by atoms with Crippen LogP contribution in [0.5, 0.6) is 0 Å². The van der Waals surface area contributed by atoms with Gasteiger partial charge in [0.2, 0.25) is 5.91 Å². The number of hydrogen-bond donors (Lipinski definition) is 0. The van der Waals surface area contributed by atoms with Crippen LogP contribution in [-0.4, -0.2) is 88.8 Å². The molecule has 2 fully saturated rings. The van der Waals surface area contributed by atoms with Crippen LogP contribution in [0.25, 0.3) is 0 Å². The summed E-state index contributed by atoms with van der Waals surface area (Å²) in [7, 11) is 0. The minimum absolute atomic E-state index is 0.0428. The number of anilines is 1. The number of amides is 2. The fraction of sp³-hybridized carbons (Fsp3) is 0.429. The van der Waals surface area contributed by atoms with Gasteiger partial charge in [0.1, 0.15) is 11.6 Å². The number of thioether (sulfide) groups is 1. The molecule has 0 N–H and O–H groups in total. The smallest absolute Gasteiger partial charge is 0.289 e. The third-order valence-electron chi connectivity index (χ3n) is 6.99. The molecule has 0 bridgehead atoms. The van der Waals surface area contributed by atoms with Crippen LogP contribution in [0.1, 0.15) is 34.5 Å². The second kappa shape index (κ2) is 12.0. The molecular formula is C28H34N6O3S. The second-order valence-corrected chi connectivity index (χ2v) is 10.7. The van der Waals surface area contributed by atoms with E-state index in [1.165, 1.54) is 17.3 Å². The Hall–Kier alpha value is -3.37. The summed E-state index contributed by atoms with van der Waals surface area (Å²) in [4.78, 5) is 42.1. The van der Waals surface area contributed by atoms with Crippen LogP contribution in [-0.2, 0) is 17.1 Å². The normalized spacial score (nSPS) is 16.6. The Labute approximate surface area is 227 Å². The molecule has 2 aromatic heterocycles. The molecule has 5 rings (SSSR count). The minimum Gasteiger partial charge on any atom is -0.455 e. The number of carbonyl (C=O) groups excluding carboxylic acids is 2. The largest absolute Gasteiger partial charge is 0.455 e. The van der Waals surface area contributed by atoms with Crippen molar-refractivity contribution in [3.05, 3.63) is 71.3 Å². The van der Waals surface area contributed by atoms with Gasteiger partial charge in [-0.2, -0.15) is 0 Å². The van der Waals surface area contributed by atoms with Gasteiger partial charge >= 0.3 is 0 Å². The Morgan fingerprint density at radius 2 is 1.61 bits per heavy atom. The zero-order valence-corrected chi connectivity index (χ0v) is 22.8. The lowest BCUT2D eigenvalue weighted by molar-refractivity contribution is -0.130. The molecule has 0 saturated carbocycles. The highest BCUT2D eigenvalue weighted by Gasteiger charge is 2.25. The first-order valence-electron chi connectivity index (χ1n) is 13.1. The molecule has 10 heteroatoms. The maximum Gasteiger partial charge on any atom is 0.289 e. The fourth-order valence-corrected chi connectivity index (χ4v) is 5.61. The summed E-state index contributed by atoms with van der Waals surface area (Å²) in [6, 6.07) is 16.2. The summed E-state index contributed by atoms with van der Waals surface area (Å²) in [5.74, 6) is 2.45. The average molecular weight is 535 g/mol. The molecule has 2 aliphatic rings. The lowest BCUT2D eigenvalue weighted by Gasteiger charge is -2.35. The van der Waals surface area contributed by atoms with E-state index in [2.05, 4.69) is 45.1 Å². The summed E-state index contributed by atoms with van der Waals surface area (Å²) < 4.78 is 5.87. The molecule has 1 aromatic carbocycles. The topological polar surface area (TPSA) is 86.0 Å². The number of rotatable bonds is 7. The van der Waals surface area contributed by atoms with Gasteiger partial charge in [0, 0.05) is 77.6 Å². The molecule has 200 valence electrons. The SMILES string of the molecule is CC(=O)N1CCN(C(=O)c2ccc(CSc3nc(C)cc(N4CCN(Cc5ccccc5)CC4)n3)o2)CC1. The van der Waals surface area contributed by atoms with E-state index in [1.54, 1.807) is 22.8 Å². The molecule has 3 aromatic rings. The standard InChI is InChI=1S/C28H34N6O3S/c1-21-18-26(33-12-10-31(11-13-33)19-23-6-4-3-5-7-23)30-28(29-21)38-20-24-8-9-25(37-24)27(36)34-16-14-32(15-17-34)22(2)35/h3-9,18H,10-17,19-20H2,1-2H3. The number of furan rings is 1. The maximum atomic E-state index is 12.8. The average Bonchev–Trinajstić information content (AvgIpc) is 3.41. The zero-order chi connectivity index (χ0) is 26.5. The molecule has 4 heterocycles. The first-order valence-corrected chi connectivity index (χ1v) is 14.1. The van der Waals surface area contributed by atoms with Gasteiger partial charge in [-0.3, -0.25) is 14.5 Å². The van der Waals surface area contributed by atoms with Crippen molar-refractivity contribution in [2.24, 2.45) is 0 Å². The predicted molar refractivity (Wildman–Crippen MR) is 147 cm³/mol. The molecule has 0 aliphatic carbocycles. The number of benzene rings is 1. The van der Waals surface area contributed by atoms with Crippen LogP contribution < -0.4 is 4.90 Å². The molecular weight excluding hydrogens is 500 g/mol. The van der Waals surface area contributed by atoms with E-state index < -0.39 is 0 Å². The third kappa shape index (κ3) is 6.54. The van der Waals surface area contributed by atoms with E-state index in [9.17, 15) is 9.59 Å². The fourth-order valence-electron chi connectivity index (χ4n) is 4.81. The Morgan fingerprint density at radius 3 is 2.32 bits per heavy atom. The summed E-state index contributed by atoms with van der Waals surface area (Å²) in [5.41, 5.74) is 2.28. The third-order valence-corrected chi connectivity index (χ3v) is 7.86. The van der Waals surface area contributed by atoms with Crippen molar-refractivity contribution in [2.75, 3.05) is 57.3 Å². The number of hydrogen-bond acceptors (Lipinski definition) is 8. The van der Waals surface area contributed by atoms with Crippen molar-refractivity contribution in [1.29, 1.82) is 0 Å². The van der Waals surface area contributed by atoms with Gasteiger partial charge in [-0.15, -0.1) is 0 Å². The van der Waals surface area contributed by atoms with Crippen molar-refractivity contribution < 1.29 is 14.0 Å². The first kappa shape index (κ1) is 26.2. The number of piperazine rings is 2. The molecule has 38 heavy (non-hydrogen) atoms. The van der Waals surface area contributed by atoms with Crippen LogP contribution >= 0.6 is 11.8 Å². The van der Waals surface area contributed by atoms with Crippen molar-refractivity contribution in [3.63, 3.8) is 0 Å². The molecule has 0 spiro atoms. The van der Waals surface area contributed by atoms with Gasteiger partial charge in [0.25, 0.3) is 5.91 Å². The Morgan fingerprint density at radius 1 is 0.895 bits per heavy atom. The van der Waals surface area contributed by atoms with Gasteiger partial charge in [0.15, 0.2) is 10.9 Å². The molecule has 2 saturated heterocycles.